The lowest BCUT2D eigenvalue weighted by Gasteiger charge is -2.08. The maximum Gasteiger partial charge on any atom is 0.259 e. The molecule has 0 radical (unpaired) electrons. The van der Waals surface area contributed by atoms with Crippen LogP contribution in [0, 0.1) is 0 Å². The molecule has 0 aliphatic rings. The molecule has 0 fully saturated rings. The number of rotatable bonds is 9. The third-order valence-electron chi connectivity index (χ3n) is 4.23. The Morgan fingerprint density at radius 1 is 1.00 bits per heavy atom. The molecule has 2 aromatic rings. The van der Waals surface area contributed by atoms with Gasteiger partial charge in [-0.15, -0.1) is 0 Å². The Balaban J connectivity index is 1.83. The fourth-order valence-electron chi connectivity index (χ4n) is 2.75. The van der Waals surface area contributed by atoms with Crippen molar-refractivity contribution in [3.05, 3.63) is 58.6 Å². The van der Waals surface area contributed by atoms with Crippen LogP contribution in [0.1, 0.15) is 61.4 Å². The minimum Gasteiger partial charge on any atom is -0.507 e. The van der Waals surface area contributed by atoms with Crippen LogP contribution in [-0.2, 0) is 6.42 Å². The maximum absolute atomic E-state index is 12.2. The molecule has 134 valence electrons. The van der Waals surface area contributed by atoms with Gasteiger partial charge >= 0.3 is 0 Å². The van der Waals surface area contributed by atoms with E-state index in [1.54, 1.807) is 6.07 Å². The zero-order chi connectivity index (χ0) is 18.1. The zero-order valence-electron chi connectivity index (χ0n) is 14.7. The lowest BCUT2D eigenvalue weighted by atomic mass is 10.0. The van der Waals surface area contributed by atoms with Gasteiger partial charge in [0.1, 0.15) is 5.75 Å². The van der Waals surface area contributed by atoms with Crippen LogP contribution >= 0.6 is 11.6 Å². The first-order chi connectivity index (χ1) is 12.1. The Labute approximate surface area is 155 Å². The number of nitrogens with one attached hydrogen (secondary N) is 1. The number of benzene rings is 2. The molecule has 2 aromatic carbocycles. The third kappa shape index (κ3) is 6.43. The smallest absolute Gasteiger partial charge is 0.259 e. The number of phenols is 1. The number of amides is 1. The molecule has 2 rings (SSSR count). The number of anilines is 1. The van der Waals surface area contributed by atoms with E-state index in [1.165, 1.54) is 56.2 Å². The number of hydrogen-bond donors (Lipinski definition) is 2. The second-order valence-electron chi connectivity index (χ2n) is 6.33. The number of aryl methyl sites for hydroxylation is 1. The summed E-state index contributed by atoms with van der Waals surface area (Å²) in [6.07, 6.45) is 8.79. The predicted molar refractivity (Wildman–Crippen MR) is 105 cm³/mol. The highest BCUT2D eigenvalue weighted by molar-refractivity contribution is 6.31. The molecule has 2 N–H and O–H groups in total. The normalized spacial score (nSPS) is 10.6. The van der Waals surface area contributed by atoms with Gasteiger partial charge in [0.2, 0.25) is 0 Å². The van der Waals surface area contributed by atoms with Gasteiger partial charge in [0.05, 0.1) is 5.56 Å². The van der Waals surface area contributed by atoms with Gasteiger partial charge in [-0.3, -0.25) is 4.79 Å². The standard InChI is InChI=1S/C21H26ClNO2/c1-2-3-4-5-6-7-8-16-9-12-18(13-10-16)23-21(25)19-15-17(22)11-14-20(19)24/h9-15,24H,2-8H2,1H3,(H,23,25). The van der Waals surface area contributed by atoms with Gasteiger partial charge in [0.25, 0.3) is 5.91 Å². The fourth-order valence-corrected chi connectivity index (χ4v) is 2.92. The monoisotopic (exact) mass is 359 g/mol. The van der Waals surface area contributed by atoms with Crippen molar-refractivity contribution in [2.24, 2.45) is 0 Å². The largest absolute Gasteiger partial charge is 0.507 e. The van der Waals surface area contributed by atoms with Crippen molar-refractivity contribution in [3.8, 4) is 5.75 Å². The van der Waals surface area contributed by atoms with Crippen molar-refractivity contribution < 1.29 is 9.90 Å². The van der Waals surface area contributed by atoms with Crippen molar-refractivity contribution in [1.29, 1.82) is 0 Å². The topological polar surface area (TPSA) is 49.3 Å². The van der Waals surface area contributed by atoms with Crippen molar-refractivity contribution in [2.75, 3.05) is 5.32 Å². The number of aromatic hydroxyl groups is 1. The van der Waals surface area contributed by atoms with E-state index in [1.807, 2.05) is 24.3 Å². The van der Waals surface area contributed by atoms with E-state index in [0.29, 0.717) is 10.7 Å². The Kier molecular flexibility index (Phi) is 7.80. The van der Waals surface area contributed by atoms with Crippen LogP contribution in [0.2, 0.25) is 5.02 Å². The summed E-state index contributed by atoms with van der Waals surface area (Å²) < 4.78 is 0. The summed E-state index contributed by atoms with van der Waals surface area (Å²) in [5.41, 5.74) is 2.15. The van der Waals surface area contributed by atoms with Gasteiger partial charge in [-0.25, -0.2) is 0 Å². The van der Waals surface area contributed by atoms with Gasteiger partial charge in [0.15, 0.2) is 0 Å². The van der Waals surface area contributed by atoms with Gasteiger partial charge in [0, 0.05) is 10.7 Å². The Hall–Kier alpha value is -2.00. The van der Waals surface area contributed by atoms with E-state index in [9.17, 15) is 9.90 Å². The molecular formula is C21H26ClNO2. The van der Waals surface area contributed by atoms with E-state index >= 15 is 0 Å². The summed E-state index contributed by atoms with van der Waals surface area (Å²) in [6.45, 7) is 2.23. The highest BCUT2D eigenvalue weighted by Gasteiger charge is 2.12. The third-order valence-corrected chi connectivity index (χ3v) is 4.47. The molecule has 0 spiro atoms. The van der Waals surface area contributed by atoms with Crippen molar-refractivity contribution in [2.45, 2.75) is 51.9 Å². The van der Waals surface area contributed by atoms with E-state index in [-0.39, 0.29) is 17.2 Å². The number of hydrogen-bond acceptors (Lipinski definition) is 2. The van der Waals surface area contributed by atoms with E-state index < -0.39 is 0 Å². The quantitative estimate of drug-likeness (QED) is 0.523. The highest BCUT2D eigenvalue weighted by Crippen LogP contribution is 2.23. The summed E-state index contributed by atoms with van der Waals surface area (Å²) in [5.74, 6) is -0.453. The van der Waals surface area contributed by atoms with Crippen molar-refractivity contribution in [1.82, 2.24) is 0 Å². The summed E-state index contributed by atoms with van der Waals surface area (Å²) in [5, 5.41) is 13.0. The average Bonchev–Trinajstić information content (AvgIpc) is 2.61. The van der Waals surface area contributed by atoms with Gasteiger partial charge in [-0.05, 0) is 48.7 Å². The van der Waals surface area contributed by atoms with Gasteiger partial charge in [-0.1, -0.05) is 62.8 Å². The van der Waals surface area contributed by atoms with Crippen LogP contribution in [0.4, 0.5) is 5.69 Å². The first-order valence-electron chi connectivity index (χ1n) is 8.99. The van der Waals surface area contributed by atoms with E-state index in [2.05, 4.69) is 12.2 Å². The molecule has 4 heteroatoms. The Morgan fingerprint density at radius 3 is 2.40 bits per heavy atom. The molecule has 0 bridgehead atoms. The van der Waals surface area contributed by atoms with E-state index in [0.717, 1.165) is 6.42 Å². The van der Waals surface area contributed by atoms with Crippen molar-refractivity contribution >= 4 is 23.2 Å². The van der Waals surface area contributed by atoms with E-state index in [4.69, 9.17) is 11.6 Å². The number of carbonyl (C=O) groups excluding carboxylic acids is 1. The van der Waals surface area contributed by atoms with Crippen LogP contribution < -0.4 is 5.32 Å². The zero-order valence-corrected chi connectivity index (χ0v) is 15.5. The number of halogens is 1. The first kappa shape index (κ1) is 19.3. The number of carbonyl (C=O) groups is 1. The van der Waals surface area contributed by atoms with Crippen LogP contribution in [0.3, 0.4) is 0 Å². The lowest BCUT2D eigenvalue weighted by Crippen LogP contribution is -2.12. The van der Waals surface area contributed by atoms with Crippen LogP contribution in [0.25, 0.3) is 0 Å². The lowest BCUT2D eigenvalue weighted by molar-refractivity contribution is 0.102. The van der Waals surface area contributed by atoms with Crippen LogP contribution in [0.5, 0.6) is 5.75 Å². The van der Waals surface area contributed by atoms with Crippen LogP contribution in [0.15, 0.2) is 42.5 Å². The first-order valence-corrected chi connectivity index (χ1v) is 9.36. The summed E-state index contributed by atoms with van der Waals surface area (Å²) >= 11 is 5.88. The van der Waals surface area contributed by atoms with Crippen molar-refractivity contribution in [3.63, 3.8) is 0 Å². The SMILES string of the molecule is CCCCCCCCc1ccc(NC(=O)c2cc(Cl)ccc2O)cc1. The second kappa shape index (κ2) is 10.1. The molecule has 0 aliphatic heterocycles. The molecule has 3 nitrogen and oxygen atoms in total. The maximum atomic E-state index is 12.2. The molecule has 0 aliphatic carbocycles. The molecule has 0 saturated carbocycles. The predicted octanol–water partition coefficient (Wildman–Crippen LogP) is 6.20. The number of phenolic OH excluding ortho intramolecular Hbond substituents is 1. The van der Waals surface area contributed by atoms with Gasteiger partial charge in [-0.2, -0.15) is 0 Å². The molecule has 0 unspecified atom stereocenters. The molecule has 25 heavy (non-hydrogen) atoms. The molecule has 0 atom stereocenters. The minimum atomic E-state index is -0.372. The van der Waals surface area contributed by atoms with Crippen LogP contribution in [-0.4, -0.2) is 11.0 Å². The molecular weight excluding hydrogens is 334 g/mol. The van der Waals surface area contributed by atoms with Gasteiger partial charge < -0.3 is 10.4 Å². The summed E-state index contributed by atoms with van der Waals surface area (Å²) in [6, 6.07) is 12.3. The Bertz CT molecular complexity index is 683. The molecule has 0 heterocycles. The number of unbranched alkanes of at least 4 members (excludes halogenated alkanes) is 5. The fraction of sp³-hybridized carbons (Fsp3) is 0.381. The highest BCUT2D eigenvalue weighted by atomic mass is 35.5. The molecule has 0 aromatic heterocycles. The molecule has 1 amide bonds. The minimum absolute atomic E-state index is 0.0819. The average molecular weight is 360 g/mol. The summed E-state index contributed by atoms with van der Waals surface area (Å²) in [7, 11) is 0. The summed E-state index contributed by atoms with van der Waals surface area (Å²) in [4.78, 5) is 12.2. The second-order valence-corrected chi connectivity index (χ2v) is 6.77. The Morgan fingerprint density at radius 2 is 1.68 bits per heavy atom. The molecule has 0 saturated heterocycles.